The molecule has 22 heavy (non-hydrogen) atoms. The molecule has 0 fully saturated rings. The molecule has 0 saturated carbocycles. The highest BCUT2D eigenvalue weighted by atomic mass is 16.3. The molecule has 0 saturated heterocycles. The van der Waals surface area contributed by atoms with Gasteiger partial charge in [0.15, 0.2) is 0 Å². The maximum absolute atomic E-state index is 9.25. The molecule has 1 atom stereocenters. The number of hydrogen-bond acceptors (Lipinski definition) is 2. The Hall–Kier alpha value is -1.54. The minimum absolute atomic E-state index is 0.209. The summed E-state index contributed by atoms with van der Waals surface area (Å²) in [6, 6.07) is 14.9. The van der Waals surface area contributed by atoms with E-state index in [1.165, 1.54) is 31.2 Å². The molecule has 2 rings (SSSR count). The molecule has 1 N–H and O–H groups in total. The number of aliphatic hydroxyl groups is 1. The molecule has 1 aromatic carbocycles. The van der Waals surface area contributed by atoms with Crippen LogP contribution in [-0.2, 0) is 19.3 Å². The Morgan fingerprint density at radius 1 is 0.818 bits per heavy atom. The van der Waals surface area contributed by atoms with E-state index < -0.39 is 0 Å². The second-order valence-corrected chi connectivity index (χ2v) is 6.16. The monoisotopic (exact) mass is 300 g/mol. The van der Waals surface area contributed by atoms with Gasteiger partial charge in [0.2, 0.25) is 0 Å². The molecular weight excluding hydrogens is 272 g/mol. The van der Waals surface area contributed by atoms with Crippen molar-refractivity contribution in [1.29, 1.82) is 0 Å². The van der Waals surface area contributed by atoms with Crippen LogP contribution in [0.5, 0.6) is 0 Å². The lowest BCUT2D eigenvalue weighted by Crippen LogP contribution is -1.99. The van der Waals surface area contributed by atoms with Gasteiger partial charge in [-0.1, -0.05) is 36.8 Å². The molecule has 2 aromatic rings. The van der Waals surface area contributed by atoms with Crippen molar-refractivity contribution in [2.75, 3.05) is 0 Å². The summed E-state index contributed by atoms with van der Waals surface area (Å²) in [4.78, 5) is 0. The molecule has 0 aliphatic carbocycles. The van der Waals surface area contributed by atoms with Gasteiger partial charge in [-0.05, 0) is 56.7 Å². The lowest BCUT2D eigenvalue weighted by atomic mass is 10.1. The second kappa shape index (κ2) is 9.47. The van der Waals surface area contributed by atoms with Crippen LogP contribution in [0.3, 0.4) is 0 Å². The summed E-state index contributed by atoms with van der Waals surface area (Å²) in [7, 11) is 0. The van der Waals surface area contributed by atoms with Crippen molar-refractivity contribution in [2.24, 2.45) is 0 Å². The van der Waals surface area contributed by atoms with Crippen LogP contribution in [0.4, 0.5) is 0 Å². The lowest BCUT2D eigenvalue weighted by Gasteiger charge is -2.02. The van der Waals surface area contributed by atoms with E-state index >= 15 is 0 Å². The number of rotatable bonds is 10. The predicted octanol–water partition coefficient (Wildman–Crippen LogP) is 4.94. The molecule has 0 amide bonds. The summed E-state index contributed by atoms with van der Waals surface area (Å²) in [5, 5.41) is 9.25. The summed E-state index contributed by atoms with van der Waals surface area (Å²) in [5.74, 6) is 2.16. The van der Waals surface area contributed by atoms with Gasteiger partial charge in [0, 0.05) is 12.8 Å². The van der Waals surface area contributed by atoms with Crippen LogP contribution in [-0.4, -0.2) is 11.2 Å². The molecule has 0 aliphatic heterocycles. The summed E-state index contributed by atoms with van der Waals surface area (Å²) < 4.78 is 5.85. The van der Waals surface area contributed by atoms with E-state index in [-0.39, 0.29) is 6.10 Å². The van der Waals surface area contributed by atoms with Crippen LogP contribution in [0.2, 0.25) is 0 Å². The summed E-state index contributed by atoms with van der Waals surface area (Å²) in [6.45, 7) is 1.84. The van der Waals surface area contributed by atoms with Crippen LogP contribution in [0.25, 0.3) is 0 Å². The first-order valence-electron chi connectivity index (χ1n) is 8.53. The molecule has 2 heteroatoms. The molecule has 2 nitrogen and oxygen atoms in total. The fraction of sp³-hybridized carbons (Fsp3) is 0.500. The van der Waals surface area contributed by atoms with E-state index in [0.717, 1.165) is 37.2 Å². The third-order valence-corrected chi connectivity index (χ3v) is 3.99. The highest BCUT2D eigenvalue weighted by molar-refractivity contribution is 5.14. The van der Waals surface area contributed by atoms with Gasteiger partial charge in [-0.25, -0.2) is 0 Å². The molecule has 1 heterocycles. The highest BCUT2D eigenvalue weighted by Gasteiger charge is 2.03. The van der Waals surface area contributed by atoms with Gasteiger partial charge in [0.05, 0.1) is 6.10 Å². The Morgan fingerprint density at radius 2 is 1.45 bits per heavy atom. The standard InChI is InChI=1S/C20H28O2/c1-17(21)9-8-14-20-16-15-19(22-20)13-7-3-6-12-18-10-4-2-5-11-18/h2,4-5,10-11,15-17,21H,3,6-9,12-14H2,1H3. The van der Waals surface area contributed by atoms with Crippen molar-refractivity contribution in [2.45, 2.75) is 64.4 Å². The number of furan rings is 1. The van der Waals surface area contributed by atoms with E-state index in [9.17, 15) is 5.11 Å². The number of benzene rings is 1. The Kier molecular flexibility index (Phi) is 7.24. The summed E-state index contributed by atoms with van der Waals surface area (Å²) >= 11 is 0. The normalized spacial score (nSPS) is 12.5. The van der Waals surface area contributed by atoms with Crippen molar-refractivity contribution >= 4 is 0 Å². The summed E-state index contributed by atoms with van der Waals surface area (Å²) in [6.07, 6.45) is 8.43. The van der Waals surface area contributed by atoms with Crippen molar-refractivity contribution in [3.8, 4) is 0 Å². The average Bonchev–Trinajstić information content (AvgIpc) is 2.95. The molecule has 0 aliphatic rings. The zero-order valence-electron chi connectivity index (χ0n) is 13.6. The SMILES string of the molecule is CC(O)CCCc1ccc(CCCCCc2ccccc2)o1. The first-order chi connectivity index (χ1) is 10.7. The van der Waals surface area contributed by atoms with E-state index in [2.05, 4.69) is 42.5 Å². The zero-order valence-corrected chi connectivity index (χ0v) is 13.6. The van der Waals surface area contributed by atoms with Crippen LogP contribution in [0.1, 0.15) is 56.1 Å². The van der Waals surface area contributed by atoms with Crippen LogP contribution < -0.4 is 0 Å². The smallest absolute Gasteiger partial charge is 0.104 e. The minimum Gasteiger partial charge on any atom is -0.466 e. The molecule has 120 valence electrons. The Balaban J connectivity index is 1.58. The molecule has 0 radical (unpaired) electrons. The van der Waals surface area contributed by atoms with E-state index in [1.54, 1.807) is 0 Å². The molecule has 0 spiro atoms. The zero-order chi connectivity index (χ0) is 15.6. The predicted molar refractivity (Wildman–Crippen MR) is 91.0 cm³/mol. The van der Waals surface area contributed by atoms with E-state index in [4.69, 9.17) is 4.42 Å². The quantitative estimate of drug-likeness (QED) is 0.631. The third-order valence-electron chi connectivity index (χ3n) is 3.99. The van der Waals surface area contributed by atoms with Gasteiger partial charge in [0.1, 0.15) is 11.5 Å². The maximum Gasteiger partial charge on any atom is 0.104 e. The number of hydrogen-bond donors (Lipinski definition) is 1. The fourth-order valence-corrected chi connectivity index (χ4v) is 2.71. The average molecular weight is 300 g/mol. The van der Waals surface area contributed by atoms with Gasteiger partial charge >= 0.3 is 0 Å². The first kappa shape index (κ1) is 16.8. The fourth-order valence-electron chi connectivity index (χ4n) is 2.71. The number of aliphatic hydroxyl groups excluding tert-OH is 1. The van der Waals surface area contributed by atoms with Gasteiger partial charge in [-0.3, -0.25) is 0 Å². The molecule has 1 aromatic heterocycles. The topological polar surface area (TPSA) is 33.4 Å². The second-order valence-electron chi connectivity index (χ2n) is 6.16. The highest BCUT2D eigenvalue weighted by Crippen LogP contribution is 2.15. The third kappa shape index (κ3) is 6.48. The van der Waals surface area contributed by atoms with E-state index in [1.807, 2.05) is 6.92 Å². The Bertz CT molecular complexity index is 514. The van der Waals surface area contributed by atoms with Crippen LogP contribution in [0.15, 0.2) is 46.9 Å². The van der Waals surface area contributed by atoms with Crippen molar-refractivity contribution in [1.82, 2.24) is 0 Å². The van der Waals surface area contributed by atoms with Gasteiger partial charge in [-0.2, -0.15) is 0 Å². The molecule has 0 bridgehead atoms. The molecular formula is C20H28O2. The minimum atomic E-state index is -0.209. The lowest BCUT2D eigenvalue weighted by molar-refractivity contribution is 0.181. The number of aryl methyl sites for hydroxylation is 3. The van der Waals surface area contributed by atoms with Crippen molar-refractivity contribution in [3.05, 3.63) is 59.5 Å². The maximum atomic E-state index is 9.25. The van der Waals surface area contributed by atoms with E-state index in [0.29, 0.717) is 0 Å². The van der Waals surface area contributed by atoms with Gasteiger partial charge in [0.25, 0.3) is 0 Å². The summed E-state index contributed by atoms with van der Waals surface area (Å²) in [5.41, 5.74) is 1.43. The van der Waals surface area contributed by atoms with Crippen molar-refractivity contribution < 1.29 is 9.52 Å². The van der Waals surface area contributed by atoms with Crippen molar-refractivity contribution in [3.63, 3.8) is 0 Å². The van der Waals surface area contributed by atoms with Gasteiger partial charge in [-0.15, -0.1) is 0 Å². The largest absolute Gasteiger partial charge is 0.466 e. The first-order valence-corrected chi connectivity index (χ1v) is 8.53. The Morgan fingerprint density at radius 3 is 2.14 bits per heavy atom. The Labute approximate surface area is 134 Å². The molecule has 1 unspecified atom stereocenters. The number of unbranched alkanes of at least 4 members (excludes halogenated alkanes) is 2. The van der Waals surface area contributed by atoms with Crippen LogP contribution in [0, 0.1) is 0 Å². The van der Waals surface area contributed by atoms with Gasteiger partial charge < -0.3 is 9.52 Å². The van der Waals surface area contributed by atoms with Crippen LogP contribution >= 0.6 is 0 Å².